The van der Waals surface area contributed by atoms with Crippen molar-refractivity contribution in [2.75, 3.05) is 26.2 Å². The fraction of sp³-hybridized carbons (Fsp3) is 0.154. The first-order valence-electron chi connectivity index (χ1n) is 10.9. The van der Waals surface area contributed by atoms with Crippen molar-refractivity contribution in [1.82, 2.24) is 25.0 Å². The number of pyridine rings is 1. The average molecular weight is 438 g/mol. The number of amides is 2. The summed E-state index contributed by atoms with van der Waals surface area (Å²) >= 11 is 0. The lowest BCUT2D eigenvalue weighted by molar-refractivity contribution is 0.0535. The number of hydrogen-bond acceptors (Lipinski definition) is 4. The molecule has 0 saturated carbocycles. The fourth-order valence-corrected chi connectivity index (χ4v) is 3.99. The van der Waals surface area contributed by atoms with E-state index in [2.05, 4.69) is 15.2 Å². The van der Waals surface area contributed by atoms with Crippen LogP contribution in [0.5, 0.6) is 0 Å². The van der Waals surface area contributed by atoms with Crippen LogP contribution in [0.25, 0.3) is 23.1 Å². The van der Waals surface area contributed by atoms with E-state index in [9.17, 15) is 9.59 Å². The second kappa shape index (κ2) is 9.08. The van der Waals surface area contributed by atoms with Crippen LogP contribution in [0.3, 0.4) is 0 Å². The molecule has 2 aromatic carbocycles. The molecule has 5 rings (SSSR count). The smallest absolute Gasteiger partial charge is 0.255 e. The fourth-order valence-electron chi connectivity index (χ4n) is 3.99. The van der Waals surface area contributed by atoms with Gasteiger partial charge in [0.15, 0.2) is 0 Å². The Morgan fingerprint density at radius 1 is 0.788 bits per heavy atom. The van der Waals surface area contributed by atoms with Gasteiger partial charge in [-0.2, -0.15) is 5.10 Å². The summed E-state index contributed by atoms with van der Waals surface area (Å²) in [5.74, 6) is -0.0617. The summed E-state index contributed by atoms with van der Waals surface area (Å²) in [6.45, 7) is 2.05. The standard InChI is InChI=1S/C26H23N5O2/c32-25(30-14-16-31(17-15-30)26(33)21-4-3-13-27-18-21)20-10-7-19(8-11-20)9-12-24-22-5-1-2-6-23(22)28-29-24/h1-13,18H,14-17H2,(H,28,29)/b12-9+. The molecule has 164 valence electrons. The third-order valence-electron chi connectivity index (χ3n) is 5.85. The molecule has 1 aliphatic heterocycles. The van der Waals surface area contributed by atoms with Crippen LogP contribution in [0.2, 0.25) is 0 Å². The molecule has 0 radical (unpaired) electrons. The molecule has 33 heavy (non-hydrogen) atoms. The normalized spacial score (nSPS) is 14.2. The molecule has 0 atom stereocenters. The van der Waals surface area contributed by atoms with Crippen molar-refractivity contribution in [2.24, 2.45) is 0 Å². The molecule has 2 aromatic heterocycles. The Kier molecular flexibility index (Phi) is 5.68. The van der Waals surface area contributed by atoms with E-state index in [0.29, 0.717) is 37.3 Å². The number of hydrogen-bond donors (Lipinski definition) is 1. The lowest BCUT2D eigenvalue weighted by Crippen LogP contribution is -2.50. The number of carbonyl (C=O) groups excluding carboxylic acids is 2. The molecule has 2 amide bonds. The molecular formula is C26H23N5O2. The van der Waals surface area contributed by atoms with Crippen molar-refractivity contribution in [3.8, 4) is 0 Å². The molecule has 3 heterocycles. The first-order valence-corrected chi connectivity index (χ1v) is 10.9. The van der Waals surface area contributed by atoms with Gasteiger partial charge in [-0.05, 0) is 42.0 Å². The number of aromatic nitrogens is 3. The molecule has 7 heteroatoms. The zero-order valence-electron chi connectivity index (χ0n) is 18.0. The van der Waals surface area contributed by atoms with Crippen molar-refractivity contribution < 1.29 is 9.59 Å². The summed E-state index contributed by atoms with van der Waals surface area (Å²) in [7, 11) is 0. The Bertz CT molecular complexity index is 1300. The number of piperazine rings is 1. The Morgan fingerprint density at radius 2 is 1.48 bits per heavy atom. The highest BCUT2D eigenvalue weighted by Gasteiger charge is 2.25. The maximum absolute atomic E-state index is 12.9. The van der Waals surface area contributed by atoms with Crippen molar-refractivity contribution in [2.45, 2.75) is 0 Å². The molecular weight excluding hydrogens is 414 g/mol. The van der Waals surface area contributed by atoms with Crippen molar-refractivity contribution in [1.29, 1.82) is 0 Å². The molecule has 0 unspecified atom stereocenters. The Hall–Kier alpha value is -4.26. The van der Waals surface area contributed by atoms with Crippen molar-refractivity contribution in [3.05, 3.63) is 95.4 Å². The summed E-state index contributed by atoms with van der Waals surface area (Å²) in [4.78, 5) is 33.1. The predicted molar refractivity (Wildman–Crippen MR) is 128 cm³/mol. The summed E-state index contributed by atoms with van der Waals surface area (Å²) in [5, 5.41) is 8.45. The summed E-state index contributed by atoms with van der Waals surface area (Å²) in [6.07, 6.45) is 7.17. The van der Waals surface area contributed by atoms with E-state index in [1.54, 1.807) is 34.3 Å². The molecule has 7 nitrogen and oxygen atoms in total. The minimum Gasteiger partial charge on any atom is -0.335 e. The first-order chi connectivity index (χ1) is 16.2. The maximum atomic E-state index is 12.9. The van der Waals surface area contributed by atoms with Gasteiger partial charge in [0.25, 0.3) is 11.8 Å². The minimum absolute atomic E-state index is 0.0164. The highest BCUT2D eigenvalue weighted by Crippen LogP contribution is 2.18. The molecule has 0 spiro atoms. The molecule has 1 saturated heterocycles. The second-order valence-corrected chi connectivity index (χ2v) is 7.94. The number of nitrogens with one attached hydrogen (secondary N) is 1. The molecule has 1 aliphatic rings. The quantitative estimate of drug-likeness (QED) is 0.528. The van der Waals surface area contributed by atoms with Gasteiger partial charge in [0.05, 0.1) is 16.8 Å². The second-order valence-electron chi connectivity index (χ2n) is 7.94. The number of para-hydroxylation sites is 1. The van der Waals surface area contributed by atoms with Gasteiger partial charge in [-0.15, -0.1) is 0 Å². The van der Waals surface area contributed by atoms with Crippen LogP contribution in [-0.4, -0.2) is 63.0 Å². The van der Waals surface area contributed by atoms with Gasteiger partial charge in [0.1, 0.15) is 0 Å². The van der Waals surface area contributed by atoms with Crippen LogP contribution in [0.1, 0.15) is 32.0 Å². The van der Waals surface area contributed by atoms with Crippen LogP contribution >= 0.6 is 0 Å². The lowest BCUT2D eigenvalue weighted by Gasteiger charge is -2.34. The third kappa shape index (κ3) is 4.39. The number of H-pyrrole nitrogens is 1. The third-order valence-corrected chi connectivity index (χ3v) is 5.85. The molecule has 1 N–H and O–H groups in total. The monoisotopic (exact) mass is 437 g/mol. The number of fused-ring (bicyclic) bond motifs is 1. The van der Waals surface area contributed by atoms with Crippen molar-refractivity contribution in [3.63, 3.8) is 0 Å². The maximum Gasteiger partial charge on any atom is 0.255 e. The van der Waals surface area contributed by atoms with E-state index >= 15 is 0 Å². The van der Waals surface area contributed by atoms with Crippen LogP contribution in [0.4, 0.5) is 0 Å². The summed E-state index contributed by atoms with van der Waals surface area (Å²) < 4.78 is 0. The Labute approximate surface area is 191 Å². The van der Waals surface area contributed by atoms with Crippen LogP contribution in [0.15, 0.2) is 73.1 Å². The zero-order chi connectivity index (χ0) is 22.6. The van der Waals surface area contributed by atoms with E-state index in [4.69, 9.17) is 0 Å². The van der Waals surface area contributed by atoms with Gasteiger partial charge < -0.3 is 9.80 Å². The summed E-state index contributed by atoms with van der Waals surface area (Å²) in [5.41, 5.74) is 4.09. The van der Waals surface area contributed by atoms with Crippen LogP contribution < -0.4 is 0 Å². The highest BCUT2D eigenvalue weighted by molar-refractivity contribution is 5.96. The molecule has 1 fully saturated rings. The largest absolute Gasteiger partial charge is 0.335 e. The number of nitrogens with zero attached hydrogens (tertiary/aromatic N) is 4. The van der Waals surface area contributed by atoms with E-state index in [0.717, 1.165) is 22.2 Å². The van der Waals surface area contributed by atoms with Gasteiger partial charge in [-0.1, -0.05) is 36.4 Å². The van der Waals surface area contributed by atoms with Crippen molar-refractivity contribution >= 4 is 34.9 Å². The Morgan fingerprint density at radius 3 is 2.18 bits per heavy atom. The molecule has 0 aliphatic carbocycles. The average Bonchev–Trinajstić information content (AvgIpc) is 3.31. The lowest BCUT2D eigenvalue weighted by atomic mass is 10.1. The zero-order valence-corrected chi connectivity index (χ0v) is 18.0. The van der Waals surface area contributed by atoms with Gasteiger partial charge in [0.2, 0.25) is 0 Å². The minimum atomic E-state index is -0.0453. The number of benzene rings is 2. The predicted octanol–water partition coefficient (Wildman–Crippen LogP) is 3.73. The number of rotatable bonds is 4. The SMILES string of the molecule is O=C(c1ccc(/C=C/c2n[nH]c3ccccc23)cc1)N1CCN(C(=O)c2cccnc2)CC1. The summed E-state index contributed by atoms with van der Waals surface area (Å²) in [6, 6.07) is 19.1. The van der Waals surface area contributed by atoms with Crippen LogP contribution in [-0.2, 0) is 0 Å². The van der Waals surface area contributed by atoms with Gasteiger partial charge in [0, 0.05) is 49.5 Å². The van der Waals surface area contributed by atoms with E-state index < -0.39 is 0 Å². The topological polar surface area (TPSA) is 82.2 Å². The van der Waals surface area contributed by atoms with E-state index in [1.807, 2.05) is 60.7 Å². The van der Waals surface area contributed by atoms with E-state index in [1.165, 1.54) is 0 Å². The first kappa shape index (κ1) is 20.6. The van der Waals surface area contributed by atoms with Gasteiger partial charge >= 0.3 is 0 Å². The number of aromatic amines is 1. The molecule has 4 aromatic rings. The highest BCUT2D eigenvalue weighted by atomic mass is 16.2. The van der Waals surface area contributed by atoms with E-state index in [-0.39, 0.29) is 11.8 Å². The Balaban J connectivity index is 1.20. The van der Waals surface area contributed by atoms with Gasteiger partial charge in [-0.25, -0.2) is 0 Å². The number of carbonyl (C=O) groups is 2. The van der Waals surface area contributed by atoms with Crippen LogP contribution in [0, 0.1) is 0 Å². The molecule has 0 bridgehead atoms. The van der Waals surface area contributed by atoms with Gasteiger partial charge in [-0.3, -0.25) is 19.7 Å².